The maximum absolute atomic E-state index is 12.1. The van der Waals surface area contributed by atoms with Crippen molar-refractivity contribution in [2.45, 2.75) is 58.0 Å². The smallest absolute Gasteiger partial charge is 0.223 e. The highest BCUT2D eigenvalue weighted by Crippen LogP contribution is 2.25. The van der Waals surface area contributed by atoms with Crippen molar-refractivity contribution < 1.29 is 4.79 Å². The molecule has 92 valence electrons. The number of hydrogen-bond acceptors (Lipinski definition) is 2. The summed E-state index contributed by atoms with van der Waals surface area (Å²) in [6.07, 6.45) is 5.43. The minimum atomic E-state index is 0.379. The number of likely N-dealkylation sites (tertiary alicyclic amines) is 1. The lowest BCUT2D eigenvalue weighted by atomic mass is 10.0. The average Bonchev–Trinajstić information content (AvgIpc) is 2.86. The number of carbonyl (C=O) groups is 1. The van der Waals surface area contributed by atoms with Crippen LogP contribution in [-0.2, 0) is 4.79 Å². The van der Waals surface area contributed by atoms with Gasteiger partial charge in [-0.3, -0.25) is 4.79 Å². The zero-order valence-electron chi connectivity index (χ0n) is 10.5. The average molecular weight is 224 g/mol. The maximum Gasteiger partial charge on any atom is 0.223 e. The minimum Gasteiger partial charge on any atom is -0.337 e. The fourth-order valence-electron chi connectivity index (χ4n) is 3.10. The van der Waals surface area contributed by atoms with Gasteiger partial charge < -0.3 is 10.2 Å². The molecule has 1 N–H and O–H groups in total. The van der Waals surface area contributed by atoms with Gasteiger partial charge in [0.25, 0.3) is 0 Å². The van der Waals surface area contributed by atoms with Gasteiger partial charge in [0.1, 0.15) is 0 Å². The van der Waals surface area contributed by atoms with Crippen molar-refractivity contribution in [2.24, 2.45) is 5.92 Å². The Bertz CT molecular complexity index is 238. The third-order valence-corrected chi connectivity index (χ3v) is 4.17. The molecule has 0 spiro atoms. The van der Waals surface area contributed by atoms with Crippen LogP contribution in [0.25, 0.3) is 0 Å². The van der Waals surface area contributed by atoms with Gasteiger partial charge in [0.2, 0.25) is 5.91 Å². The quantitative estimate of drug-likeness (QED) is 0.792. The molecule has 0 bridgehead atoms. The van der Waals surface area contributed by atoms with Crippen LogP contribution in [-0.4, -0.2) is 36.0 Å². The molecule has 2 heterocycles. The first kappa shape index (κ1) is 11.9. The Morgan fingerprint density at radius 1 is 1.25 bits per heavy atom. The van der Waals surface area contributed by atoms with Crippen molar-refractivity contribution in [1.82, 2.24) is 10.2 Å². The summed E-state index contributed by atoms with van der Waals surface area (Å²) in [6, 6.07) is 0.924. The number of nitrogens with zero attached hydrogens (tertiary/aromatic N) is 1. The number of carbonyl (C=O) groups excluding carboxylic acids is 1. The summed E-state index contributed by atoms with van der Waals surface area (Å²) in [5.74, 6) is 1.11. The van der Waals surface area contributed by atoms with Crippen molar-refractivity contribution in [3.05, 3.63) is 0 Å². The standard InChI is InChI=1S/C13H24N2O/c1-10-3-4-11(2)15(10)13(16)6-5-12-7-8-14-9-12/h10-12,14H,3-9H2,1-2H3. The van der Waals surface area contributed by atoms with Crippen LogP contribution in [0, 0.1) is 5.92 Å². The Labute approximate surface area is 98.6 Å². The number of amides is 1. The van der Waals surface area contributed by atoms with Gasteiger partial charge in [0.15, 0.2) is 0 Å². The largest absolute Gasteiger partial charge is 0.337 e. The van der Waals surface area contributed by atoms with E-state index in [0.29, 0.717) is 18.0 Å². The first-order valence-electron chi connectivity index (χ1n) is 6.70. The van der Waals surface area contributed by atoms with E-state index in [-0.39, 0.29) is 0 Å². The third-order valence-electron chi connectivity index (χ3n) is 4.17. The van der Waals surface area contributed by atoms with Gasteiger partial charge in [-0.1, -0.05) is 0 Å². The topological polar surface area (TPSA) is 32.3 Å². The molecule has 3 unspecified atom stereocenters. The van der Waals surface area contributed by atoms with E-state index in [4.69, 9.17) is 0 Å². The highest BCUT2D eigenvalue weighted by Gasteiger charge is 2.31. The van der Waals surface area contributed by atoms with E-state index in [2.05, 4.69) is 24.1 Å². The summed E-state index contributed by atoms with van der Waals surface area (Å²) in [7, 11) is 0. The third kappa shape index (κ3) is 2.57. The van der Waals surface area contributed by atoms with Crippen molar-refractivity contribution in [2.75, 3.05) is 13.1 Å². The molecule has 1 amide bonds. The second kappa shape index (κ2) is 5.17. The molecule has 0 aromatic carbocycles. The molecule has 2 saturated heterocycles. The molecule has 0 aliphatic carbocycles. The fourth-order valence-corrected chi connectivity index (χ4v) is 3.10. The van der Waals surface area contributed by atoms with Gasteiger partial charge in [0, 0.05) is 18.5 Å². The predicted molar refractivity (Wildman–Crippen MR) is 65.2 cm³/mol. The summed E-state index contributed by atoms with van der Waals surface area (Å²) < 4.78 is 0. The number of hydrogen-bond donors (Lipinski definition) is 1. The van der Waals surface area contributed by atoms with Gasteiger partial charge in [-0.25, -0.2) is 0 Å². The maximum atomic E-state index is 12.1. The van der Waals surface area contributed by atoms with E-state index < -0.39 is 0 Å². The van der Waals surface area contributed by atoms with E-state index in [1.165, 1.54) is 19.3 Å². The summed E-state index contributed by atoms with van der Waals surface area (Å²) >= 11 is 0. The van der Waals surface area contributed by atoms with Crippen molar-refractivity contribution in [3.8, 4) is 0 Å². The normalized spacial score (nSPS) is 34.6. The molecule has 2 rings (SSSR count). The van der Waals surface area contributed by atoms with Crippen molar-refractivity contribution >= 4 is 5.91 Å². The van der Waals surface area contributed by atoms with Crippen LogP contribution in [0.15, 0.2) is 0 Å². The lowest BCUT2D eigenvalue weighted by molar-refractivity contribution is -0.133. The molecular weight excluding hydrogens is 200 g/mol. The molecule has 3 atom stereocenters. The van der Waals surface area contributed by atoms with Crippen LogP contribution >= 0.6 is 0 Å². The van der Waals surface area contributed by atoms with Gasteiger partial charge in [-0.05, 0) is 58.5 Å². The van der Waals surface area contributed by atoms with E-state index in [1.807, 2.05) is 0 Å². The van der Waals surface area contributed by atoms with Gasteiger partial charge in [-0.15, -0.1) is 0 Å². The Hall–Kier alpha value is -0.570. The Morgan fingerprint density at radius 2 is 1.94 bits per heavy atom. The molecule has 0 aromatic rings. The van der Waals surface area contributed by atoms with Crippen LogP contribution in [0.2, 0.25) is 0 Å². The summed E-state index contributed by atoms with van der Waals surface area (Å²) in [6.45, 7) is 6.60. The van der Waals surface area contributed by atoms with E-state index >= 15 is 0 Å². The molecular formula is C13H24N2O. The van der Waals surface area contributed by atoms with Crippen LogP contribution in [0.3, 0.4) is 0 Å². The highest BCUT2D eigenvalue weighted by molar-refractivity contribution is 5.77. The molecule has 16 heavy (non-hydrogen) atoms. The van der Waals surface area contributed by atoms with E-state index in [1.54, 1.807) is 0 Å². The highest BCUT2D eigenvalue weighted by atomic mass is 16.2. The van der Waals surface area contributed by atoms with Crippen molar-refractivity contribution in [3.63, 3.8) is 0 Å². The van der Waals surface area contributed by atoms with Crippen LogP contribution in [0.4, 0.5) is 0 Å². The first-order chi connectivity index (χ1) is 7.68. The van der Waals surface area contributed by atoms with Gasteiger partial charge >= 0.3 is 0 Å². The summed E-state index contributed by atoms with van der Waals surface area (Å²) in [5.41, 5.74) is 0. The monoisotopic (exact) mass is 224 g/mol. The molecule has 3 heteroatoms. The van der Waals surface area contributed by atoms with Crippen molar-refractivity contribution in [1.29, 1.82) is 0 Å². The Morgan fingerprint density at radius 3 is 2.50 bits per heavy atom. The molecule has 0 aromatic heterocycles. The molecule has 0 saturated carbocycles. The molecule has 2 fully saturated rings. The Kier molecular flexibility index (Phi) is 3.85. The minimum absolute atomic E-state index is 0.379. The van der Waals surface area contributed by atoms with E-state index in [0.717, 1.165) is 31.8 Å². The lowest BCUT2D eigenvalue weighted by Crippen LogP contribution is -2.38. The molecule has 0 radical (unpaired) electrons. The summed E-state index contributed by atoms with van der Waals surface area (Å²) in [4.78, 5) is 14.2. The molecule has 2 aliphatic heterocycles. The predicted octanol–water partition coefficient (Wildman–Crippen LogP) is 1.78. The zero-order chi connectivity index (χ0) is 11.5. The fraction of sp³-hybridized carbons (Fsp3) is 0.923. The second-order valence-corrected chi connectivity index (χ2v) is 5.47. The van der Waals surface area contributed by atoms with Crippen LogP contribution in [0.5, 0.6) is 0 Å². The molecule has 3 nitrogen and oxygen atoms in total. The van der Waals surface area contributed by atoms with Gasteiger partial charge in [-0.2, -0.15) is 0 Å². The summed E-state index contributed by atoms with van der Waals surface area (Å²) in [5, 5.41) is 3.36. The lowest BCUT2D eigenvalue weighted by Gasteiger charge is -2.26. The number of nitrogens with one attached hydrogen (secondary N) is 1. The van der Waals surface area contributed by atoms with Crippen LogP contribution < -0.4 is 5.32 Å². The SMILES string of the molecule is CC1CCC(C)N1C(=O)CCC1CCNC1. The molecule has 2 aliphatic rings. The second-order valence-electron chi connectivity index (χ2n) is 5.47. The van der Waals surface area contributed by atoms with Crippen LogP contribution in [0.1, 0.15) is 46.0 Å². The first-order valence-corrected chi connectivity index (χ1v) is 6.70. The van der Waals surface area contributed by atoms with E-state index in [9.17, 15) is 4.79 Å². The number of rotatable bonds is 3. The zero-order valence-corrected chi connectivity index (χ0v) is 10.5. The Balaban J connectivity index is 1.78. The van der Waals surface area contributed by atoms with Gasteiger partial charge in [0.05, 0.1) is 0 Å².